The van der Waals surface area contributed by atoms with E-state index in [9.17, 15) is 4.79 Å². The second kappa shape index (κ2) is 5.59. The van der Waals surface area contributed by atoms with E-state index in [0.717, 1.165) is 11.3 Å². The van der Waals surface area contributed by atoms with Crippen LogP contribution in [0.25, 0.3) is 6.08 Å². The van der Waals surface area contributed by atoms with Gasteiger partial charge in [0, 0.05) is 17.1 Å². The first-order valence-electron chi connectivity index (χ1n) is 5.65. The van der Waals surface area contributed by atoms with Crippen LogP contribution < -0.4 is 0 Å². The second-order valence-electron chi connectivity index (χ2n) is 4.16. The fourth-order valence-electron chi connectivity index (χ4n) is 1.73. The van der Waals surface area contributed by atoms with Crippen molar-refractivity contribution < 1.29 is 4.79 Å². The van der Waals surface area contributed by atoms with Gasteiger partial charge in [-0.1, -0.05) is 29.3 Å². The highest BCUT2D eigenvalue weighted by Gasteiger charge is 2.08. The smallest absolute Gasteiger partial charge is 0.203 e. The predicted octanol–water partition coefficient (Wildman–Crippen LogP) is 3.93. The zero-order chi connectivity index (χ0) is 14.0. The second-order valence-corrected chi connectivity index (χ2v) is 5.00. The van der Waals surface area contributed by atoms with Gasteiger partial charge in [0.15, 0.2) is 0 Å². The van der Waals surface area contributed by atoms with Gasteiger partial charge in [0.1, 0.15) is 5.69 Å². The van der Waals surface area contributed by atoms with Crippen molar-refractivity contribution in [1.29, 1.82) is 0 Å². The van der Waals surface area contributed by atoms with E-state index in [1.54, 1.807) is 42.1 Å². The molecule has 0 aliphatic rings. The lowest BCUT2D eigenvalue weighted by Crippen LogP contribution is -2.03. The number of aromatic nitrogens is 2. The molecule has 0 saturated heterocycles. The number of rotatable bonds is 3. The van der Waals surface area contributed by atoms with Crippen LogP contribution in [-0.4, -0.2) is 15.6 Å². The number of nitrogens with zero attached hydrogens (tertiary/aromatic N) is 2. The highest BCUT2D eigenvalue weighted by Crippen LogP contribution is 2.22. The summed E-state index contributed by atoms with van der Waals surface area (Å²) < 4.78 is 1.56. The van der Waals surface area contributed by atoms with E-state index >= 15 is 0 Å². The molecule has 0 aliphatic heterocycles. The van der Waals surface area contributed by atoms with Crippen molar-refractivity contribution in [2.24, 2.45) is 7.05 Å². The van der Waals surface area contributed by atoms with Crippen LogP contribution >= 0.6 is 23.2 Å². The monoisotopic (exact) mass is 294 g/mol. The van der Waals surface area contributed by atoms with E-state index in [4.69, 9.17) is 23.2 Å². The molecule has 1 aromatic heterocycles. The molecule has 5 heteroatoms. The molecule has 2 rings (SSSR count). The molecular formula is C14H12Cl2N2O. The van der Waals surface area contributed by atoms with Crippen LogP contribution in [-0.2, 0) is 7.05 Å². The normalized spacial score (nSPS) is 11.2. The number of allylic oxidation sites excluding steroid dienone is 1. The Morgan fingerprint density at radius 3 is 2.63 bits per heavy atom. The largest absolute Gasteiger partial charge is 0.288 e. The lowest BCUT2D eigenvalue weighted by molar-refractivity contribution is 0.103. The number of halogens is 2. The van der Waals surface area contributed by atoms with Gasteiger partial charge >= 0.3 is 0 Å². The minimum absolute atomic E-state index is 0.117. The van der Waals surface area contributed by atoms with E-state index < -0.39 is 0 Å². The number of benzene rings is 1. The molecule has 0 bridgehead atoms. The maximum absolute atomic E-state index is 12.0. The van der Waals surface area contributed by atoms with Crippen molar-refractivity contribution >= 4 is 35.1 Å². The average molecular weight is 295 g/mol. The molecule has 0 amide bonds. The highest BCUT2D eigenvalue weighted by atomic mass is 35.5. The van der Waals surface area contributed by atoms with Gasteiger partial charge in [-0.2, -0.15) is 5.10 Å². The summed E-state index contributed by atoms with van der Waals surface area (Å²) in [5, 5.41) is 5.21. The van der Waals surface area contributed by atoms with E-state index in [0.29, 0.717) is 15.7 Å². The molecule has 0 aliphatic carbocycles. The van der Waals surface area contributed by atoms with Crippen LogP contribution in [0.4, 0.5) is 0 Å². The van der Waals surface area contributed by atoms with E-state index in [1.807, 2.05) is 6.92 Å². The first kappa shape index (κ1) is 13.8. The molecule has 0 atom stereocenters. The summed E-state index contributed by atoms with van der Waals surface area (Å²) in [5.74, 6) is -0.117. The standard InChI is InChI=1S/C14H12Cl2N2O/c1-9-7-13(18(2)17-9)14(19)6-4-10-3-5-11(15)8-12(10)16/h3-8H,1-2H3/b6-4+. The molecule has 3 nitrogen and oxygen atoms in total. The van der Waals surface area contributed by atoms with Gasteiger partial charge in [-0.3, -0.25) is 9.48 Å². The third-order valence-electron chi connectivity index (χ3n) is 2.63. The molecule has 0 saturated carbocycles. The van der Waals surface area contributed by atoms with Gasteiger partial charge in [0.25, 0.3) is 0 Å². The topological polar surface area (TPSA) is 34.9 Å². The fourth-order valence-corrected chi connectivity index (χ4v) is 2.20. The van der Waals surface area contributed by atoms with Gasteiger partial charge in [-0.05, 0) is 42.8 Å². The first-order valence-corrected chi connectivity index (χ1v) is 6.41. The minimum Gasteiger partial charge on any atom is -0.288 e. The summed E-state index contributed by atoms with van der Waals surface area (Å²) >= 11 is 11.8. The van der Waals surface area contributed by atoms with Crippen LogP contribution in [0, 0.1) is 6.92 Å². The Morgan fingerprint density at radius 2 is 2.05 bits per heavy atom. The number of carbonyl (C=O) groups is 1. The highest BCUT2D eigenvalue weighted by molar-refractivity contribution is 6.35. The molecule has 0 unspecified atom stereocenters. The van der Waals surface area contributed by atoms with E-state index in [-0.39, 0.29) is 5.78 Å². The maximum atomic E-state index is 12.0. The lowest BCUT2D eigenvalue weighted by atomic mass is 10.1. The van der Waals surface area contributed by atoms with Crippen LogP contribution in [0.2, 0.25) is 10.0 Å². The number of ketones is 1. The van der Waals surface area contributed by atoms with E-state index in [1.165, 1.54) is 6.08 Å². The maximum Gasteiger partial charge on any atom is 0.203 e. The number of aryl methyl sites for hydroxylation is 2. The Kier molecular flexibility index (Phi) is 4.08. The number of hydrogen-bond donors (Lipinski definition) is 0. The Labute approximate surface area is 121 Å². The Morgan fingerprint density at radius 1 is 1.32 bits per heavy atom. The molecular weight excluding hydrogens is 283 g/mol. The van der Waals surface area contributed by atoms with Gasteiger partial charge in [-0.25, -0.2) is 0 Å². The zero-order valence-corrected chi connectivity index (χ0v) is 12.0. The summed E-state index contributed by atoms with van der Waals surface area (Å²) in [4.78, 5) is 12.0. The first-order chi connectivity index (χ1) is 8.97. The molecule has 1 aromatic carbocycles. The summed E-state index contributed by atoms with van der Waals surface area (Å²) in [6.07, 6.45) is 3.15. The van der Waals surface area contributed by atoms with Crippen molar-refractivity contribution in [2.45, 2.75) is 6.92 Å². The van der Waals surface area contributed by atoms with Gasteiger partial charge in [-0.15, -0.1) is 0 Å². The summed E-state index contributed by atoms with van der Waals surface area (Å²) in [6, 6.07) is 6.88. The number of carbonyl (C=O) groups excluding carboxylic acids is 1. The van der Waals surface area contributed by atoms with Crippen molar-refractivity contribution in [3.8, 4) is 0 Å². The molecule has 19 heavy (non-hydrogen) atoms. The fraction of sp³-hybridized carbons (Fsp3) is 0.143. The third-order valence-corrected chi connectivity index (χ3v) is 3.19. The van der Waals surface area contributed by atoms with Gasteiger partial charge < -0.3 is 0 Å². The summed E-state index contributed by atoms with van der Waals surface area (Å²) in [5.41, 5.74) is 2.10. The molecule has 2 aromatic rings. The molecule has 0 N–H and O–H groups in total. The molecule has 0 spiro atoms. The van der Waals surface area contributed by atoms with Gasteiger partial charge in [0.05, 0.1) is 5.69 Å². The van der Waals surface area contributed by atoms with Crippen LogP contribution in [0.3, 0.4) is 0 Å². The quantitative estimate of drug-likeness (QED) is 0.635. The third kappa shape index (κ3) is 3.25. The van der Waals surface area contributed by atoms with Crippen LogP contribution in [0.5, 0.6) is 0 Å². The lowest BCUT2D eigenvalue weighted by Gasteiger charge is -1.99. The Hall–Kier alpha value is -1.58. The summed E-state index contributed by atoms with van der Waals surface area (Å²) in [7, 11) is 1.74. The predicted molar refractivity (Wildman–Crippen MR) is 77.8 cm³/mol. The van der Waals surface area contributed by atoms with Crippen molar-refractivity contribution in [2.75, 3.05) is 0 Å². The Balaban J connectivity index is 2.23. The van der Waals surface area contributed by atoms with Crippen molar-refractivity contribution in [3.63, 3.8) is 0 Å². The van der Waals surface area contributed by atoms with Crippen molar-refractivity contribution in [1.82, 2.24) is 9.78 Å². The zero-order valence-electron chi connectivity index (χ0n) is 10.5. The average Bonchev–Trinajstić information content (AvgIpc) is 2.67. The van der Waals surface area contributed by atoms with Crippen LogP contribution in [0.1, 0.15) is 21.7 Å². The molecule has 0 fully saturated rings. The number of hydrogen-bond acceptors (Lipinski definition) is 2. The van der Waals surface area contributed by atoms with Gasteiger partial charge in [0.2, 0.25) is 5.78 Å². The molecule has 0 radical (unpaired) electrons. The molecule has 1 heterocycles. The van der Waals surface area contributed by atoms with Crippen molar-refractivity contribution in [3.05, 3.63) is 57.3 Å². The minimum atomic E-state index is -0.117. The summed E-state index contributed by atoms with van der Waals surface area (Å²) in [6.45, 7) is 1.84. The van der Waals surface area contributed by atoms with E-state index in [2.05, 4.69) is 5.10 Å². The molecule has 98 valence electrons. The Bertz CT molecular complexity index is 659. The SMILES string of the molecule is Cc1cc(C(=O)/C=C/c2ccc(Cl)cc2Cl)n(C)n1. The van der Waals surface area contributed by atoms with Crippen LogP contribution in [0.15, 0.2) is 30.3 Å².